The maximum absolute atomic E-state index is 6.44. The molecule has 4 heteroatoms. The maximum Gasteiger partial charge on any atom is 0.0599 e. The first kappa shape index (κ1) is 15.8. The average Bonchev–Trinajstić information content (AvgIpc) is 2.45. The summed E-state index contributed by atoms with van der Waals surface area (Å²) in [6.45, 7) is 3.07. The number of hydrogen-bond donors (Lipinski definition) is 1. The second-order valence-electron chi connectivity index (χ2n) is 4.58. The lowest BCUT2D eigenvalue weighted by Crippen LogP contribution is -2.23. The van der Waals surface area contributed by atoms with Crippen molar-refractivity contribution in [2.24, 2.45) is 0 Å². The van der Waals surface area contributed by atoms with Crippen LogP contribution in [0.5, 0.6) is 0 Å². The van der Waals surface area contributed by atoms with E-state index in [-0.39, 0.29) is 6.04 Å². The van der Waals surface area contributed by atoms with Gasteiger partial charge in [0.1, 0.15) is 0 Å². The van der Waals surface area contributed by atoms with Crippen LogP contribution in [0.1, 0.15) is 30.5 Å². The zero-order valence-corrected chi connectivity index (χ0v) is 14.3. The van der Waals surface area contributed by atoms with E-state index in [4.69, 9.17) is 23.2 Å². The molecule has 0 heterocycles. The Kier molecular flexibility index (Phi) is 5.91. The van der Waals surface area contributed by atoms with Crippen molar-refractivity contribution in [3.8, 4) is 0 Å². The Bertz CT molecular complexity index is 569. The molecule has 1 atom stereocenters. The minimum Gasteiger partial charge on any atom is -0.306 e. The number of halogens is 3. The van der Waals surface area contributed by atoms with Crippen LogP contribution in [0.2, 0.25) is 10.0 Å². The van der Waals surface area contributed by atoms with Crippen LogP contribution in [-0.2, 0) is 0 Å². The van der Waals surface area contributed by atoms with Crippen LogP contribution >= 0.6 is 39.1 Å². The molecule has 20 heavy (non-hydrogen) atoms. The first-order valence-corrected chi connectivity index (χ1v) is 8.11. The molecule has 0 aliphatic carbocycles. The third-order valence-electron chi connectivity index (χ3n) is 3.09. The Hall–Kier alpha value is -0.540. The van der Waals surface area contributed by atoms with Gasteiger partial charge in [-0.15, -0.1) is 0 Å². The minimum absolute atomic E-state index is 0.0669. The fourth-order valence-corrected chi connectivity index (χ4v) is 2.84. The van der Waals surface area contributed by atoms with E-state index < -0.39 is 0 Å². The molecule has 2 aromatic rings. The van der Waals surface area contributed by atoms with Gasteiger partial charge in [-0.2, -0.15) is 0 Å². The molecule has 1 nitrogen and oxygen atoms in total. The number of nitrogens with one attached hydrogen (secondary N) is 1. The lowest BCUT2D eigenvalue weighted by atomic mass is 9.98. The molecule has 0 bridgehead atoms. The normalized spacial score (nSPS) is 12.4. The van der Waals surface area contributed by atoms with Gasteiger partial charge in [-0.25, -0.2) is 0 Å². The molecule has 2 aromatic carbocycles. The zero-order chi connectivity index (χ0) is 14.5. The van der Waals surface area contributed by atoms with Gasteiger partial charge in [0.25, 0.3) is 0 Å². The lowest BCUT2D eigenvalue weighted by molar-refractivity contribution is 0.598. The van der Waals surface area contributed by atoms with E-state index in [2.05, 4.69) is 34.2 Å². The molecule has 0 saturated heterocycles. The molecule has 0 aliphatic heterocycles. The Morgan fingerprint density at radius 2 is 1.80 bits per heavy atom. The van der Waals surface area contributed by atoms with Crippen molar-refractivity contribution in [1.29, 1.82) is 0 Å². The first-order valence-electron chi connectivity index (χ1n) is 6.56. The Balaban J connectivity index is 2.41. The highest BCUT2D eigenvalue weighted by molar-refractivity contribution is 9.10. The van der Waals surface area contributed by atoms with Crippen LogP contribution in [-0.4, -0.2) is 6.54 Å². The Morgan fingerprint density at radius 3 is 2.45 bits per heavy atom. The summed E-state index contributed by atoms with van der Waals surface area (Å²) in [5, 5.41) is 5.03. The number of benzene rings is 2. The standard InChI is InChI=1S/C16H16BrCl2N/c1-2-10-20-16(11-6-8-12(18)9-7-11)13-4-3-5-14(17)15(13)19/h3-9,16,20H,2,10H2,1H3. The third-order valence-corrected chi connectivity index (χ3v) is 4.66. The van der Waals surface area contributed by atoms with Crippen molar-refractivity contribution in [2.75, 3.05) is 6.54 Å². The summed E-state index contributed by atoms with van der Waals surface area (Å²) < 4.78 is 0.911. The molecule has 0 aromatic heterocycles. The molecule has 2 rings (SSSR count). The lowest BCUT2D eigenvalue weighted by Gasteiger charge is -2.21. The van der Waals surface area contributed by atoms with E-state index in [9.17, 15) is 0 Å². The monoisotopic (exact) mass is 371 g/mol. The van der Waals surface area contributed by atoms with Crippen molar-refractivity contribution in [3.63, 3.8) is 0 Å². The van der Waals surface area contributed by atoms with Crippen molar-refractivity contribution in [1.82, 2.24) is 5.32 Å². The third kappa shape index (κ3) is 3.76. The van der Waals surface area contributed by atoms with E-state index in [0.717, 1.165) is 38.6 Å². The van der Waals surface area contributed by atoms with Crippen molar-refractivity contribution >= 4 is 39.1 Å². The number of hydrogen-bond acceptors (Lipinski definition) is 1. The highest BCUT2D eigenvalue weighted by Crippen LogP contribution is 2.33. The molecule has 0 fully saturated rings. The SMILES string of the molecule is CCCNC(c1ccc(Cl)cc1)c1cccc(Br)c1Cl. The van der Waals surface area contributed by atoms with Gasteiger partial charge < -0.3 is 5.32 Å². The summed E-state index contributed by atoms with van der Waals surface area (Å²) >= 11 is 15.9. The molecule has 0 aliphatic rings. The molecular weight excluding hydrogens is 357 g/mol. The summed E-state index contributed by atoms with van der Waals surface area (Å²) in [5.41, 5.74) is 2.22. The van der Waals surface area contributed by atoms with E-state index >= 15 is 0 Å². The van der Waals surface area contributed by atoms with Gasteiger partial charge >= 0.3 is 0 Å². The predicted octanol–water partition coefficient (Wildman–Crippen LogP) is 5.84. The molecule has 1 N–H and O–H groups in total. The largest absolute Gasteiger partial charge is 0.306 e. The Morgan fingerprint density at radius 1 is 1.10 bits per heavy atom. The van der Waals surface area contributed by atoms with Crippen LogP contribution < -0.4 is 5.32 Å². The molecule has 0 radical (unpaired) electrons. The van der Waals surface area contributed by atoms with Crippen LogP contribution in [0.3, 0.4) is 0 Å². The number of rotatable bonds is 5. The second kappa shape index (κ2) is 7.46. The van der Waals surface area contributed by atoms with Crippen LogP contribution in [0, 0.1) is 0 Å². The average molecular weight is 373 g/mol. The Labute approximate surface area is 138 Å². The second-order valence-corrected chi connectivity index (χ2v) is 6.25. The molecule has 106 valence electrons. The summed E-state index contributed by atoms with van der Waals surface area (Å²) in [5.74, 6) is 0. The van der Waals surface area contributed by atoms with E-state index in [1.807, 2.05) is 36.4 Å². The smallest absolute Gasteiger partial charge is 0.0599 e. The zero-order valence-electron chi connectivity index (χ0n) is 11.2. The molecular formula is C16H16BrCl2N. The summed E-state index contributed by atoms with van der Waals surface area (Å²) in [4.78, 5) is 0. The predicted molar refractivity (Wildman–Crippen MR) is 90.7 cm³/mol. The maximum atomic E-state index is 6.44. The van der Waals surface area contributed by atoms with E-state index in [1.54, 1.807) is 0 Å². The van der Waals surface area contributed by atoms with Gasteiger partial charge in [-0.05, 0) is 58.2 Å². The fourth-order valence-electron chi connectivity index (χ4n) is 2.09. The summed E-state index contributed by atoms with van der Waals surface area (Å²) in [6.07, 6.45) is 1.07. The summed E-state index contributed by atoms with van der Waals surface area (Å²) in [6, 6.07) is 13.9. The van der Waals surface area contributed by atoms with Crippen molar-refractivity contribution in [3.05, 3.63) is 68.1 Å². The molecule has 0 saturated carbocycles. The van der Waals surface area contributed by atoms with Gasteiger partial charge in [-0.3, -0.25) is 0 Å². The highest BCUT2D eigenvalue weighted by atomic mass is 79.9. The molecule has 0 amide bonds. The van der Waals surface area contributed by atoms with Gasteiger partial charge in [0.2, 0.25) is 0 Å². The van der Waals surface area contributed by atoms with Gasteiger partial charge in [0, 0.05) is 9.50 Å². The topological polar surface area (TPSA) is 12.0 Å². The van der Waals surface area contributed by atoms with Gasteiger partial charge in [0.05, 0.1) is 11.1 Å². The fraction of sp³-hybridized carbons (Fsp3) is 0.250. The van der Waals surface area contributed by atoms with Crippen LogP contribution in [0.25, 0.3) is 0 Å². The van der Waals surface area contributed by atoms with Crippen molar-refractivity contribution < 1.29 is 0 Å². The van der Waals surface area contributed by atoms with Crippen LogP contribution in [0.15, 0.2) is 46.9 Å². The van der Waals surface area contributed by atoms with Crippen molar-refractivity contribution in [2.45, 2.75) is 19.4 Å². The van der Waals surface area contributed by atoms with Crippen LogP contribution in [0.4, 0.5) is 0 Å². The van der Waals surface area contributed by atoms with Gasteiger partial charge in [0.15, 0.2) is 0 Å². The molecule has 0 spiro atoms. The quantitative estimate of drug-likeness (QED) is 0.694. The highest BCUT2D eigenvalue weighted by Gasteiger charge is 2.17. The first-order chi connectivity index (χ1) is 9.63. The minimum atomic E-state index is 0.0669. The summed E-state index contributed by atoms with van der Waals surface area (Å²) in [7, 11) is 0. The van der Waals surface area contributed by atoms with Gasteiger partial charge in [-0.1, -0.05) is 54.4 Å². The van der Waals surface area contributed by atoms with E-state index in [0.29, 0.717) is 0 Å². The molecule has 1 unspecified atom stereocenters. The van der Waals surface area contributed by atoms with E-state index in [1.165, 1.54) is 0 Å².